The van der Waals surface area contributed by atoms with E-state index in [9.17, 15) is 12.8 Å². The van der Waals surface area contributed by atoms with Crippen LogP contribution in [0.5, 0.6) is 0 Å². The summed E-state index contributed by atoms with van der Waals surface area (Å²) in [6.07, 6.45) is 0. The number of halogens is 1. The topological polar surface area (TPSA) is 63.4 Å². The first kappa shape index (κ1) is 14.7. The number of rotatable bonds is 4. The first-order valence-corrected chi connectivity index (χ1v) is 7.40. The van der Waals surface area contributed by atoms with E-state index in [4.69, 9.17) is 4.52 Å². The van der Waals surface area contributed by atoms with Crippen LogP contribution >= 0.6 is 0 Å². The van der Waals surface area contributed by atoms with Crippen molar-refractivity contribution in [2.24, 2.45) is 0 Å². The normalized spacial score (nSPS) is 12.1. The van der Waals surface area contributed by atoms with Crippen LogP contribution in [0.15, 0.2) is 33.7 Å². The maximum atomic E-state index is 12.8. The summed E-state index contributed by atoms with van der Waals surface area (Å²) >= 11 is 0. The molecule has 0 atom stereocenters. The molecule has 0 unspecified atom stereocenters. The fourth-order valence-electron chi connectivity index (χ4n) is 1.93. The SMILES string of the molecule is Cc1noc(C)c1S(=O)(=O)N(C)Cc1ccc(F)cc1. The third-order valence-corrected chi connectivity index (χ3v) is 5.00. The number of sulfonamides is 1. The monoisotopic (exact) mass is 298 g/mol. The molecule has 0 aliphatic heterocycles. The fourth-order valence-corrected chi connectivity index (χ4v) is 3.37. The number of nitrogens with zero attached hydrogens (tertiary/aromatic N) is 2. The Hall–Kier alpha value is -1.73. The molecule has 0 bridgehead atoms. The number of hydrogen-bond acceptors (Lipinski definition) is 4. The number of aryl methyl sites for hydroxylation is 2. The summed E-state index contributed by atoms with van der Waals surface area (Å²) in [7, 11) is -2.22. The number of hydrogen-bond donors (Lipinski definition) is 0. The second kappa shape index (κ2) is 5.34. The molecule has 0 radical (unpaired) electrons. The first-order valence-electron chi connectivity index (χ1n) is 5.96. The highest BCUT2D eigenvalue weighted by atomic mass is 32.2. The Morgan fingerprint density at radius 2 is 1.85 bits per heavy atom. The first-order chi connectivity index (χ1) is 9.32. The van der Waals surface area contributed by atoms with Crippen LogP contribution in [0.25, 0.3) is 0 Å². The predicted molar refractivity (Wildman–Crippen MR) is 71.0 cm³/mol. The van der Waals surface area contributed by atoms with Gasteiger partial charge in [0.2, 0.25) is 10.0 Å². The lowest BCUT2D eigenvalue weighted by molar-refractivity contribution is 0.389. The zero-order valence-corrected chi connectivity index (χ0v) is 12.2. The van der Waals surface area contributed by atoms with Crippen LogP contribution < -0.4 is 0 Å². The van der Waals surface area contributed by atoms with Gasteiger partial charge in [-0.2, -0.15) is 4.31 Å². The predicted octanol–water partition coefficient (Wildman–Crippen LogP) is 2.25. The molecule has 0 aliphatic rings. The molecule has 1 aromatic carbocycles. The molecule has 0 amide bonds. The standard InChI is InChI=1S/C13H15FN2O3S/c1-9-13(10(2)19-15-9)20(17,18)16(3)8-11-4-6-12(14)7-5-11/h4-7H,8H2,1-3H3. The van der Waals surface area contributed by atoms with Crippen LogP contribution in [0.1, 0.15) is 17.0 Å². The molecule has 0 spiro atoms. The van der Waals surface area contributed by atoms with Crippen molar-refractivity contribution in [3.8, 4) is 0 Å². The molecule has 108 valence electrons. The van der Waals surface area contributed by atoms with Gasteiger partial charge in [0.25, 0.3) is 0 Å². The van der Waals surface area contributed by atoms with Crippen molar-refractivity contribution < 1.29 is 17.3 Å². The minimum absolute atomic E-state index is 0.0853. The lowest BCUT2D eigenvalue weighted by Gasteiger charge is -2.16. The van der Waals surface area contributed by atoms with Crippen LogP contribution in [0.4, 0.5) is 4.39 Å². The lowest BCUT2D eigenvalue weighted by atomic mass is 10.2. The molecule has 0 saturated carbocycles. The van der Waals surface area contributed by atoms with Gasteiger partial charge in [-0.3, -0.25) is 0 Å². The third-order valence-electron chi connectivity index (χ3n) is 2.95. The van der Waals surface area contributed by atoms with Crippen LogP contribution in [-0.4, -0.2) is 24.9 Å². The quantitative estimate of drug-likeness (QED) is 0.868. The highest BCUT2D eigenvalue weighted by Crippen LogP contribution is 2.23. The van der Waals surface area contributed by atoms with Crippen molar-refractivity contribution in [1.82, 2.24) is 9.46 Å². The molecule has 0 N–H and O–H groups in total. The van der Waals surface area contributed by atoms with Crippen LogP contribution in [-0.2, 0) is 16.6 Å². The van der Waals surface area contributed by atoms with E-state index in [0.717, 1.165) is 0 Å². The second-order valence-electron chi connectivity index (χ2n) is 4.54. The Bertz CT molecular complexity index is 688. The summed E-state index contributed by atoms with van der Waals surface area (Å²) in [6, 6.07) is 5.70. The van der Waals surface area contributed by atoms with Crippen molar-refractivity contribution >= 4 is 10.0 Å². The highest BCUT2D eigenvalue weighted by Gasteiger charge is 2.28. The largest absolute Gasteiger partial charge is 0.360 e. The summed E-state index contributed by atoms with van der Waals surface area (Å²) in [5, 5.41) is 3.65. The Balaban J connectivity index is 2.28. The van der Waals surface area contributed by atoms with Gasteiger partial charge in [0.15, 0.2) is 5.76 Å². The molecule has 1 aromatic heterocycles. The van der Waals surface area contributed by atoms with Crippen molar-refractivity contribution in [2.75, 3.05) is 7.05 Å². The molecule has 0 fully saturated rings. The van der Waals surface area contributed by atoms with Crippen molar-refractivity contribution in [1.29, 1.82) is 0 Å². The zero-order valence-electron chi connectivity index (χ0n) is 11.4. The van der Waals surface area contributed by atoms with Gasteiger partial charge in [-0.25, -0.2) is 12.8 Å². The summed E-state index contributed by atoms with van der Waals surface area (Å²) < 4.78 is 43.8. The Kier molecular flexibility index (Phi) is 3.92. The Morgan fingerprint density at radius 3 is 2.35 bits per heavy atom. The van der Waals surface area contributed by atoms with E-state index in [0.29, 0.717) is 11.3 Å². The average Bonchev–Trinajstić information content (AvgIpc) is 2.72. The minimum atomic E-state index is -3.68. The van der Waals surface area contributed by atoms with Gasteiger partial charge in [0, 0.05) is 13.6 Å². The van der Waals surface area contributed by atoms with Crippen LogP contribution in [0.3, 0.4) is 0 Å². The number of aromatic nitrogens is 1. The summed E-state index contributed by atoms with van der Waals surface area (Å²) in [6.45, 7) is 3.28. The molecular formula is C13H15FN2O3S. The third kappa shape index (κ3) is 2.73. The zero-order chi connectivity index (χ0) is 14.9. The maximum absolute atomic E-state index is 12.8. The van der Waals surface area contributed by atoms with E-state index in [1.807, 2.05) is 0 Å². The second-order valence-corrected chi connectivity index (χ2v) is 6.52. The van der Waals surface area contributed by atoms with E-state index in [-0.39, 0.29) is 23.0 Å². The van der Waals surface area contributed by atoms with Crippen LogP contribution in [0.2, 0.25) is 0 Å². The van der Waals surface area contributed by atoms with E-state index in [2.05, 4.69) is 5.16 Å². The number of benzene rings is 1. The average molecular weight is 298 g/mol. The molecule has 0 saturated heterocycles. The van der Waals surface area contributed by atoms with E-state index < -0.39 is 10.0 Å². The highest BCUT2D eigenvalue weighted by molar-refractivity contribution is 7.89. The smallest absolute Gasteiger partial charge is 0.248 e. The van der Waals surface area contributed by atoms with Gasteiger partial charge in [-0.1, -0.05) is 17.3 Å². The van der Waals surface area contributed by atoms with Crippen molar-refractivity contribution in [2.45, 2.75) is 25.3 Å². The van der Waals surface area contributed by atoms with Gasteiger partial charge in [-0.15, -0.1) is 0 Å². The Morgan fingerprint density at radius 1 is 1.25 bits per heavy atom. The molecule has 0 aliphatic carbocycles. The molecule has 7 heteroatoms. The van der Waals surface area contributed by atoms with E-state index >= 15 is 0 Å². The Labute approximate surface area is 117 Å². The van der Waals surface area contributed by atoms with Crippen LogP contribution in [0, 0.1) is 19.7 Å². The van der Waals surface area contributed by atoms with Gasteiger partial charge in [0.05, 0.1) is 0 Å². The van der Waals surface area contributed by atoms with E-state index in [1.54, 1.807) is 26.0 Å². The molecule has 2 rings (SSSR count). The molecule has 1 heterocycles. The summed E-state index contributed by atoms with van der Waals surface area (Å²) in [5.41, 5.74) is 1.03. The summed E-state index contributed by atoms with van der Waals surface area (Å²) in [4.78, 5) is 0.0853. The van der Waals surface area contributed by atoms with E-state index in [1.165, 1.54) is 23.5 Å². The molecule has 2 aromatic rings. The van der Waals surface area contributed by atoms with Gasteiger partial charge in [-0.05, 0) is 31.5 Å². The lowest BCUT2D eigenvalue weighted by Crippen LogP contribution is -2.27. The van der Waals surface area contributed by atoms with Gasteiger partial charge < -0.3 is 4.52 Å². The fraction of sp³-hybridized carbons (Fsp3) is 0.308. The minimum Gasteiger partial charge on any atom is -0.360 e. The van der Waals surface area contributed by atoms with Crippen molar-refractivity contribution in [3.05, 3.63) is 47.1 Å². The van der Waals surface area contributed by atoms with Gasteiger partial charge >= 0.3 is 0 Å². The molecule has 20 heavy (non-hydrogen) atoms. The van der Waals surface area contributed by atoms with Gasteiger partial charge in [0.1, 0.15) is 16.4 Å². The summed E-state index contributed by atoms with van der Waals surface area (Å²) in [5.74, 6) is -0.0987. The van der Waals surface area contributed by atoms with Crippen molar-refractivity contribution in [3.63, 3.8) is 0 Å². The molecular weight excluding hydrogens is 283 g/mol. The maximum Gasteiger partial charge on any atom is 0.248 e. The molecule has 5 nitrogen and oxygen atoms in total.